The highest BCUT2D eigenvalue weighted by atomic mass is 32.1. The van der Waals surface area contributed by atoms with E-state index in [2.05, 4.69) is 61.2 Å². The molecule has 1 aliphatic carbocycles. The average molecular weight is 402 g/mol. The van der Waals surface area contributed by atoms with Crippen LogP contribution < -0.4 is 5.32 Å². The van der Waals surface area contributed by atoms with Gasteiger partial charge in [-0.25, -0.2) is 4.98 Å². The van der Waals surface area contributed by atoms with Crippen LogP contribution in [0.1, 0.15) is 29.7 Å². The fraction of sp³-hybridized carbons (Fsp3) is 0.261. The molecule has 1 aliphatic rings. The first-order valence-corrected chi connectivity index (χ1v) is 11.0. The van der Waals surface area contributed by atoms with Crippen molar-refractivity contribution in [2.24, 2.45) is 0 Å². The van der Waals surface area contributed by atoms with E-state index in [9.17, 15) is 0 Å². The minimum atomic E-state index is 0.771. The fourth-order valence-corrected chi connectivity index (χ4v) is 4.67. The number of benzene rings is 1. The normalized spacial score (nSPS) is 13.2. The SMILES string of the molecule is c1csc(-c2nc[nH]c2CCNc2ccc(-c3ccc4c(c3)CCCC4)nn2)c1. The van der Waals surface area contributed by atoms with Gasteiger partial charge < -0.3 is 10.3 Å². The first-order valence-electron chi connectivity index (χ1n) is 10.1. The molecule has 0 atom stereocenters. The molecule has 5 rings (SSSR count). The largest absolute Gasteiger partial charge is 0.368 e. The molecule has 0 radical (unpaired) electrons. The highest BCUT2D eigenvalue weighted by Crippen LogP contribution is 2.27. The molecular weight excluding hydrogens is 378 g/mol. The number of fused-ring (bicyclic) bond motifs is 1. The van der Waals surface area contributed by atoms with Crippen LogP contribution in [0.5, 0.6) is 0 Å². The summed E-state index contributed by atoms with van der Waals surface area (Å²) in [5.74, 6) is 0.795. The number of nitrogens with one attached hydrogen (secondary N) is 2. The molecule has 0 spiro atoms. The van der Waals surface area contributed by atoms with E-state index in [1.807, 2.05) is 12.1 Å². The summed E-state index contributed by atoms with van der Waals surface area (Å²) in [6, 6.07) is 14.9. The number of hydrogen-bond donors (Lipinski definition) is 2. The number of aromatic amines is 1. The first kappa shape index (κ1) is 18.1. The monoisotopic (exact) mass is 401 g/mol. The van der Waals surface area contributed by atoms with Crippen LogP contribution in [-0.2, 0) is 19.3 Å². The van der Waals surface area contributed by atoms with Gasteiger partial charge in [0.05, 0.1) is 16.9 Å². The van der Waals surface area contributed by atoms with Crippen LogP contribution in [0.25, 0.3) is 21.8 Å². The molecule has 3 heterocycles. The fourth-order valence-electron chi connectivity index (χ4n) is 3.93. The predicted octanol–water partition coefficient (Wildman–Crippen LogP) is 5.13. The van der Waals surface area contributed by atoms with Crippen LogP contribution in [0.2, 0.25) is 0 Å². The van der Waals surface area contributed by atoms with Crippen molar-refractivity contribution in [2.45, 2.75) is 32.1 Å². The smallest absolute Gasteiger partial charge is 0.148 e. The Morgan fingerprint density at radius 2 is 1.93 bits per heavy atom. The number of thiophene rings is 1. The molecule has 3 aromatic heterocycles. The topological polar surface area (TPSA) is 66.5 Å². The summed E-state index contributed by atoms with van der Waals surface area (Å²) in [6.07, 6.45) is 7.58. The molecule has 146 valence electrons. The number of H-pyrrole nitrogens is 1. The van der Waals surface area contributed by atoms with Crippen molar-refractivity contribution in [1.82, 2.24) is 20.2 Å². The lowest BCUT2D eigenvalue weighted by atomic mass is 9.90. The number of hydrogen-bond acceptors (Lipinski definition) is 5. The Kier molecular flexibility index (Phi) is 5.09. The second-order valence-corrected chi connectivity index (χ2v) is 8.33. The van der Waals surface area contributed by atoms with Crippen LogP contribution in [0.4, 0.5) is 5.82 Å². The van der Waals surface area contributed by atoms with Crippen molar-refractivity contribution in [3.8, 4) is 21.8 Å². The van der Waals surface area contributed by atoms with E-state index >= 15 is 0 Å². The third-order valence-electron chi connectivity index (χ3n) is 5.46. The minimum Gasteiger partial charge on any atom is -0.368 e. The van der Waals surface area contributed by atoms with Crippen LogP contribution >= 0.6 is 11.3 Å². The lowest BCUT2D eigenvalue weighted by molar-refractivity contribution is 0.686. The molecule has 0 unspecified atom stereocenters. The lowest BCUT2D eigenvalue weighted by Crippen LogP contribution is -2.08. The third-order valence-corrected chi connectivity index (χ3v) is 6.34. The van der Waals surface area contributed by atoms with Crippen LogP contribution in [0, 0.1) is 0 Å². The van der Waals surface area contributed by atoms with Crippen LogP contribution in [-0.4, -0.2) is 26.7 Å². The molecule has 0 saturated heterocycles. The van der Waals surface area contributed by atoms with Gasteiger partial charge in [0.1, 0.15) is 11.5 Å². The van der Waals surface area contributed by atoms with E-state index in [4.69, 9.17) is 0 Å². The Hall–Kier alpha value is -2.99. The van der Waals surface area contributed by atoms with Crippen molar-refractivity contribution in [2.75, 3.05) is 11.9 Å². The summed E-state index contributed by atoms with van der Waals surface area (Å²) in [7, 11) is 0. The molecule has 0 bridgehead atoms. The van der Waals surface area contributed by atoms with E-state index in [0.717, 1.165) is 41.4 Å². The van der Waals surface area contributed by atoms with Crippen molar-refractivity contribution < 1.29 is 0 Å². The Balaban J connectivity index is 1.22. The molecule has 0 saturated carbocycles. The maximum atomic E-state index is 4.46. The van der Waals surface area contributed by atoms with Gasteiger partial charge in [-0.3, -0.25) is 0 Å². The molecule has 2 N–H and O–H groups in total. The van der Waals surface area contributed by atoms with Crippen molar-refractivity contribution >= 4 is 17.2 Å². The zero-order valence-electron chi connectivity index (χ0n) is 16.2. The van der Waals surface area contributed by atoms with Gasteiger partial charge >= 0.3 is 0 Å². The van der Waals surface area contributed by atoms with Crippen molar-refractivity contribution in [1.29, 1.82) is 0 Å². The van der Waals surface area contributed by atoms with Gasteiger partial charge in [-0.1, -0.05) is 18.2 Å². The highest BCUT2D eigenvalue weighted by molar-refractivity contribution is 7.13. The highest BCUT2D eigenvalue weighted by Gasteiger charge is 2.11. The molecular formula is C23H23N5S. The molecule has 29 heavy (non-hydrogen) atoms. The number of rotatable bonds is 6. The zero-order chi connectivity index (χ0) is 19.5. The van der Waals surface area contributed by atoms with Gasteiger partial charge in [-0.2, -0.15) is 0 Å². The second-order valence-electron chi connectivity index (χ2n) is 7.38. The maximum Gasteiger partial charge on any atom is 0.148 e. The number of aryl methyl sites for hydroxylation is 2. The second kappa shape index (κ2) is 8.17. The number of aromatic nitrogens is 4. The summed E-state index contributed by atoms with van der Waals surface area (Å²) in [4.78, 5) is 8.90. The number of imidazole rings is 1. The van der Waals surface area contributed by atoms with Crippen molar-refractivity contribution in [3.05, 3.63) is 71.0 Å². The zero-order valence-corrected chi connectivity index (χ0v) is 17.0. The van der Waals surface area contributed by atoms with Gasteiger partial charge in [0, 0.05) is 24.2 Å². The Labute approximate surface area is 174 Å². The minimum absolute atomic E-state index is 0.771. The van der Waals surface area contributed by atoms with Gasteiger partial charge in [-0.05, 0) is 66.5 Å². The summed E-state index contributed by atoms with van der Waals surface area (Å²) in [5.41, 5.74) is 7.22. The van der Waals surface area contributed by atoms with E-state index in [1.165, 1.54) is 41.7 Å². The van der Waals surface area contributed by atoms with Crippen LogP contribution in [0.15, 0.2) is 54.2 Å². The molecule has 0 aliphatic heterocycles. The van der Waals surface area contributed by atoms with Crippen LogP contribution in [0.3, 0.4) is 0 Å². The molecule has 0 amide bonds. The third kappa shape index (κ3) is 3.93. The molecule has 4 aromatic rings. The predicted molar refractivity (Wildman–Crippen MR) is 118 cm³/mol. The summed E-state index contributed by atoms with van der Waals surface area (Å²) < 4.78 is 0. The lowest BCUT2D eigenvalue weighted by Gasteiger charge is -2.16. The van der Waals surface area contributed by atoms with Gasteiger partial charge in [0.15, 0.2) is 0 Å². The molecule has 0 fully saturated rings. The average Bonchev–Trinajstić information content (AvgIpc) is 3.46. The van der Waals surface area contributed by atoms with Gasteiger partial charge in [0.25, 0.3) is 0 Å². The van der Waals surface area contributed by atoms with E-state index in [1.54, 1.807) is 17.7 Å². The first-order chi connectivity index (χ1) is 14.4. The number of anilines is 1. The Morgan fingerprint density at radius 1 is 1.00 bits per heavy atom. The van der Waals surface area contributed by atoms with E-state index in [0.29, 0.717) is 0 Å². The Morgan fingerprint density at radius 3 is 2.76 bits per heavy atom. The van der Waals surface area contributed by atoms with E-state index in [-0.39, 0.29) is 0 Å². The molecule has 1 aromatic carbocycles. The Bertz CT molecular complexity index is 1080. The summed E-state index contributed by atoms with van der Waals surface area (Å²) in [5, 5.41) is 14.3. The standard InChI is InChI=1S/C23H23N5S/c1-2-5-17-14-18(8-7-16(17)4-1)19-9-10-22(28-27-19)24-12-11-20-23(26-15-25-20)21-6-3-13-29-21/h3,6-10,13-15H,1-2,4-5,11-12H2,(H,24,28)(H,25,26). The van der Waals surface area contributed by atoms with Crippen molar-refractivity contribution in [3.63, 3.8) is 0 Å². The molecule has 5 nitrogen and oxygen atoms in total. The summed E-state index contributed by atoms with van der Waals surface area (Å²) in [6.45, 7) is 0.771. The number of nitrogens with zero attached hydrogens (tertiary/aromatic N) is 3. The summed E-state index contributed by atoms with van der Waals surface area (Å²) >= 11 is 1.71. The quantitative estimate of drug-likeness (QED) is 0.470. The maximum absolute atomic E-state index is 4.46. The van der Waals surface area contributed by atoms with Gasteiger partial charge in [-0.15, -0.1) is 21.5 Å². The van der Waals surface area contributed by atoms with Gasteiger partial charge in [0.2, 0.25) is 0 Å². The molecule has 6 heteroatoms. The van der Waals surface area contributed by atoms with E-state index < -0.39 is 0 Å².